The van der Waals surface area contributed by atoms with E-state index in [1.54, 1.807) is 23.1 Å². The van der Waals surface area contributed by atoms with Crippen LogP contribution < -0.4 is 15.9 Å². The van der Waals surface area contributed by atoms with E-state index in [9.17, 15) is 4.79 Å². The monoisotopic (exact) mass is 412 g/mol. The Morgan fingerprint density at radius 2 is 2.07 bits per heavy atom. The lowest BCUT2D eigenvalue weighted by Crippen LogP contribution is -2.50. The zero-order valence-corrected chi connectivity index (χ0v) is 17.8. The zero-order chi connectivity index (χ0) is 19.5. The molecule has 4 rings (SSSR count). The first-order valence-corrected chi connectivity index (χ1v) is 11.6. The molecular formula is C21H24N4OS2. The Labute approximate surface area is 173 Å². The third kappa shape index (κ3) is 3.73. The fourth-order valence-corrected chi connectivity index (χ4v) is 5.21. The molecule has 7 heteroatoms. The summed E-state index contributed by atoms with van der Waals surface area (Å²) in [4.78, 5) is 19.1. The van der Waals surface area contributed by atoms with E-state index >= 15 is 0 Å². The number of carbonyl (C=O) groups is 1. The summed E-state index contributed by atoms with van der Waals surface area (Å²) in [5.41, 5.74) is 1.76. The minimum Gasteiger partial charge on any atom is -0.298 e. The van der Waals surface area contributed by atoms with Crippen LogP contribution in [0.4, 0.5) is 0 Å². The van der Waals surface area contributed by atoms with E-state index in [1.165, 1.54) is 24.8 Å². The van der Waals surface area contributed by atoms with Gasteiger partial charge in [-0.25, -0.2) is 5.01 Å². The van der Waals surface area contributed by atoms with Gasteiger partial charge in [0.05, 0.1) is 10.2 Å². The number of para-hydroxylation sites is 1. The van der Waals surface area contributed by atoms with E-state index in [1.807, 2.05) is 29.3 Å². The molecule has 0 unspecified atom stereocenters. The van der Waals surface area contributed by atoms with E-state index in [4.69, 9.17) is 10.1 Å². The van der Waals surface area contributed by atoms with Crippen molar-refractivity contribution in [3.63, 3.8) is 0 Å². The average molecular weight is 413 g/mol. The molecule has 1 N–H and O–H groups in total. The molecule has 0 saturated carbocycles. The van der Waals surface area contributed by atoms with Crippen molar-refractivity contribution >= 4 is 39.9 Å². The van der Waals surface area contributed by atoms with Gasteiger partial charge in [-0.2, -0.15) is 0 Å². The molecule has 0 radical (unpaired) electrons. The summed E-state index contributed by atoms with van der Waals surface area (Å²) in [6.07, 6.45) is 4.51. The molecule has 1 aromatic heterocycles. The Kier molecular flexibility index (Phi) is 5.82. The van der Waals surface area contributed by atoms with E-state index in [2.05, 4.69) is 30.6 Å². The van der Waals surface area contributed by atoms with Gasteiger partial charge in [-0.05, 0) is 36.4 Å². The molecule has 2 aliphatic rings. The average Bonchev–Trinajstić information content (AvgIpc) is 3.12. The van der Waals surface area contributed by atoms with Crippen LogP contribution in [-0.2, 0) is 4.79 Å². The van der Waals surface area contributed by atoms with Gasteiger partial charge in [0.2, 0.25) is 0 Å². The third-order valence-electron chi connectivity index (χ3n) is 4.89. The summed E-state index contributed by atoms with van der Waals surface area (Å²) >= 11 is 3.28. The van der Waals surface area contributed by atoms with Crippen LogP contribution >= 0.6 is 23.1 Å². The Balaban J connectivity index is 1.70. The highest BCUT2D eigenvalue weighted by Gasteiger charge is 2.35. The van der Waals surface area contributed by atoms with Gasteiger partial charge in [0.25, 0.3) is 5.91 Å². The molecule has 0 spiro atoms. The van der Waals surface area contributed by atoms with Crippen LogP contribution in [0, 0.1) is 6.92 Å². The number of unbranched alkanes of at least 4 members (excludes halogenated alkanes) is 3. The van der Waals surface area contributed by atoms with Gasteiger partial charge in [-0.1, -0.05) is 56.1 Å². The molecule has 1 atom stereocenters. The van der Waals surface area contributed by atoms with Crippen LogP contribution in [0.3, 0.4) is 0 Å². The Morgan fingerprint density at radius 3 is 2.86 bits per heavy atom. The van der Waals surface area contributed by atoms with Crippen molar-refractivity contribution in [3.8, 4) is 0 Å². The number of aryl methyl sites for hydroxylation is 1. The quantitative estimate of drug-likeness (QED) is 0.739. The van der Waals surface area contributed by atoms with Crippen molar-refractivity contribution in [1.82, 2.24) is 10.3 Å². The number of hydrazone groups is 1. The molecule has 0 fully saturated rings. The number of benzene rings is 1. The molecule has 1 amide bonds. The van der Waals surface area contributed by atoms with Crippen molar-refractivity contribution in [3.05, 3.63) is 56.7 Å². The van der Waals surface area contributed by atoms with Crippen molar-refractivity contribution in [2.24, 2.45) is 10.1 Å². The van der Waals surface area contributed by atoms with Crippen molar-refractivity contribution in [1.29, 1.82) is 0 Å². The summed E-state index contributed by atoms with van der Waals surface area (Å²) in [7, 11) is 0. The molecule has 146 valence electrons. The van der Waals surface area contributed by atoms with Crippen LogP contribution in [-0.4, -0.2) is 21.8 Å². The van der Waals surface area contributed by atoms with E-state index in [-0.39, 0.29) is 12.1 Å². The molecule has 2 aliphatic heterocycles. The number of nitrogens with one attached hydrogen (secondary N) is 1. The number of rotatable bonds is 6. The van der Waals surface area contributed by atoms with Crippen LogP contribution in [0.5, 0.6) is 0 Å². The zero-order valence-electron chi connectivity index (χ0n) is 16.1. The van der Waals surface area contributed by atoms with Gasteiger partial charge < -0.3 is 0 Å². The van der Waals surface area contributed by atoms with Gasteiger partial charge in [0.15, 0.2) is 11.3 Å². The number of nitrogens with zero attached hydrogens (tertiary/aromatic N) is 3. The largest absolute Gasteiger partial charge is 0.298 e. The number of carbonyl (C=O) groups excluding carboxylic acids is 1. The second-order valence-electron chi connectivity index (χ2n) is 6.95. The maximum Gasteiger partial charge on any atom is 0.276 e. The second kappa shape index (κ2) is 8.49. The van der Waals surface area contributed by atoms with Gasteiger partial charge >= 0.3 is 0 Å². The predicted octanol–water partition coefficient (Wildman–Crippen LogP) is 3.51. The first-order chi connectivity index (χ1) is 13.7. The Hall–Kier alpha value is -2.12. The normalized spacial score (nSPS) is 18.1. The Bertz CT molecular complexity index is 1030. The third-order valence-corrected chi connectivity index (χ3v) is 6.90. The molecule has 0 saturated heterocycles. The summed E-state index contributed by atoms with van der Waals surface area (Å²) in [5, 5.41) is 14.0. The molecule has 28 heavy (non-hydrogen) atoms. The van der Waals surface area contributed by atoms with Crippen LogP contribution in [0.25, 0.3) is 5.70 Å². The smallest absolute Gasteiger partial charge is 0.276 e. The van der Waals surface area contributed by atoms with Crippen molar-refractivity contribution in [2.75, 3.05) is 5.75 Å². The molecular weight excluding hydrogens is 388 g/mol. The number of fused-ring (bicyclic) bond motifs is 2. The van der Waals surface area contributed by atoms with Crippen LogP contribution in [0.15, 0.2) is 45.8 Å². The lowest BCUT2D eigenvalue weighted by atomic mass is 10.1. The number of hydrogen-bond donors (Lipinski definition) is 1. The number of hydrogen-bond acceptors (Lipinski definition) is 6. The van der Waals surface area contributed by atoms with Crippen LogP contribution in [0.1, 0.15) is 49.2 Å². The van der Waals surface area contributed by atoms with Gasteiger partial charge in [0.1, 0.15) is 5.70 Å². The van der Waals surface area contributed by atoms with Gasteiger partial charge in [-0.3, -0.25) is 15.1 Å². The fraction of sp³-hybridized carbons (Fsp3) is 0.381. The predicted molar refractivity (Wildman–Crippen MR) is 116 cm³/mol. The highest BCUT2D eigenvalue weighted by Crippen LogP contribution is 2.35. The molecule has 0 aliphatic carbocycles. The van der Waals surface area contributed by atoms with E-state index < -0.39 is 0 Å². The molecule has 3 heterocycles. The van der Waals surface area contributed by atoms with Gasteiger partial charge in [0, 0.05) is 11.0 Å². The molecule has 1 aromatic carbocycles. The van der Waals surface area contributed by atoms with E-state index in [0.29, 0.717) is 10.9 Å². The summed E-state index contributed by atoms with van der Waals surface area (Å²) in [6.45, 7) is 4.29. The standard InChI is InChI=1S/C21H24N4OS2/c1-3-4-5-8-12-28-21-23-20(26)17-15-9-6-7-10-16(15)22-19(25(17)24-21)18-14(2)11-13-27-18/h6-7,9-11,13,19H,3-5,8,12H2,1-2H3,(H,23,24,26)/t19-/m1/s1. The van der Waals surface area contributed by atoms with Crippen molar-refractivity contribution in [2.45, 2.75) is 45.7 Å². The highest BCUT2D eigenvalue weighted by atomic mass is 32.2. The lowest BCUT2D eigenvalue weighted by Gasteiger charge is -2.33. The number of thiophene rings is 1. The number of amidine groups is 1. The maximum atomic E-state index is 13.0. The highest BCUT2D eigenvalue weighted by molar-refractivity contribution is 8.13. The van der Waals surface area contributed by atoms with E-state index in [0.717, 1.165) is 27.6 Å². The summed E-state index contributed by atoms with van der Waals surface area (Å²) in [6, 6.07) is 9.89. The SMILES string of the molecule is CCCCCCSC1=NN2C(=c3ccccc3=N[C@H]2c2sccc2C)C(=O)N1. The second-order valence-corrected chi connectivity index (χ2v) is 8.98. The first-order valence-electron chi connectivity index (χ1n) is 9.72. The van der Waals surface area contributed by atoms with Crippen LogP contribution in [0.2, 0.25) is 0 Å². The first kappa shape index (κ1) is 19.2. The topological polar surface area (TPSA) is 57.1 Å². The molecule has 2 aromatic rings. The fourth-order valence-electron chi connectivity index (χ4n) is 3.41. The lowest BCUT2D eigenvalue weighted by molar-refractivity contribution is -0.116. The summed E-state index contributed by atoms with van der Waals surface area (Å²) in [5.74, 6) is 0.853. The minimum absolute atomic E-state index is 0.104. The number of amides is 1. The molecule has 5 nitrogen and oxygen atoms in total. The number of thioether (sulfide) groups is 1. The molecule has 0 bridgehead atoms. The summed E-state index contributed by atoms with van der Waals surface area (Å²) < 4.78 is 0. The Morgan fingerprint density at radius 1 is 1.21 bits per heavy atom. The van der Waals surface area contributed by atoms with Crippen molar-refractivity contribution < 1.29 is 4.79 Å². The van der Waals surface area contributed by atoms with Gasteiger partial charge in [-0.15, -0.1) is 16.4 Å². The minimum atomic E-state index is -0.299. The maximum absolute atomic E-state index is 13.0.